The second-order valence-electron chi connectivity index (χ2n) is 10.2. The van der Waals surface area contributed by atoms with E-state index in [1.807, 2.05) is 60.7 Å². The van der Waals surface area contributed by atoms with Crippen molar-refractivity contribution in [3.05, 3.63) is 114 Å². The summed E-state index contributed by atoms with van der Waals surface area (Å²) < 4.78 is 66.0. The molecule has 6 rings (SSSR count). The third kappa shape index (κ3) is 7.07. The molecule has 10 nitrogen and oxygen atoms in total. The number of hydrogen-bond acceptors (Lipinski definition) is 7. The zero-order valence-corrected chi connectivity index (χ0v) is 24.6. The number of fused-ring (bicyclic) bond motifs is 3. The van der Waals surface area contributed by atoms with E-state index in [9.17, 15) is 22.6 Å². The second kappa shape index (κ2) is 12.8. The number of alkyl halides is 3. The Hall–Kier alpha value is -4.55. The summed E-state index contributed by atoms with van der Waals surface area (Å²) in [5, 5.41) is 9.91. The first-order valence-corrected chi connectivity index (χ1v) is 15.5. The molecule has 0 amide bonds. The zero-order chi connectivity index (χ0) is 31.4. The molecule has 2 atom stereocenters. The van der Waals surface area contributed by atoms with Gasteiger partial charge in [0.25, 0.3) is 0 Å². The second-order valence-corrected chi connectivity index (χ2v) is 11.6. The van der Waals surface area contributed by atoms with Crippen LogP contribution in [0.2, 0.25) is 0 Å². The summed E-state index contributed by atoms with van der Waals surface area (Å²) in [5.74, 6) is 0.239. The van der Waals surface area contributed by atoms with Crippen LogP contribution in [-0.4, -0.2) is 42.6 Å². The van der Waals surface area contributed by atoms with E-state index >= 15 is 0 Å². The highest BCUT2D eigenvalue weighted by Gasteiger charge is 2.31. The minimum Gasteiger partial charge on any atom is -0.367 e. The van der Waals surface area contributed by atoms with Gasteiger partial charge in [-0.2, -0.15) is 18.3 Å². The van der Waals surface area contributed by atoms with Gasteiger partial charge >= 0.3 is 14.0 Å². The van der Waals surface area contributed by atoms with E-state index in [1.54, 1.807) is 22.9 Å². The Kier molecular flexibility index (Phi) is 8.68. The van der Waals surface area contributed by atoms with E-state index in [0.717, 1.165) is 23.3 Å². The van der Waals surface area contributed by atoms with Crippen molar-refractivity contribution in [2.75, 3.05) is 18.5 Å². The lowest BCUT2D eigenvalue weighted by molar-refractivity contribution is -0.137. The lowest BCUT2D eigenvalue weighted by Crippen LogP contribution is -2.11. The van der Waals surface area contributed by atoms with Gasteiger partial charge in [-0.1, -0.05) is 60.7 Å². The van der Waals surface area contributed by atoms with E-state index in [-0.39, 0.29) is 30.9 Å². The fraction of sp³-hybridized carbons (Fsp3) is 0.194. The minimum absolute atomic E-state index is 0.105. The Morgan fingerprint density at radius 1 is 1.02 bits per heavy atom. The molecule has 0 saturated heterocycles. The molecule has 3 N–H and O–H groups in total. The predicted molar refractivity (Wildman–Crippen MR) is 162 cm³/mol. The summed E-state index contributed by atoms with van der Waals surface area (Å²) in [5.41, 5.74) is 2.96. The molecule has 0 bridgehead atoms. The molecule has 2 unspecified atom stereocenters. The number of nitrogens with one attached hydrogen (secondary N) is 2. The summed E-state index contributed by atoms with van der Waals surface area (Å²) >= 11 is 0. The molecule has 3 heterocycles. The average molecular weight is 637 g/mol. The van der Waals surface area contributed by atoms with Gasteiger partial charge in [-0.05, 0) is 41.8 Å². The van der Waals surface area contributed by atoms with Crippen LogP contribution in [0.15, 0.2) is 97.3 Å². The summed E-state index contributed by atoms with van der Waals surface area (Å²) in [7, 11) is -4.46. The predicted octanol–water partition coefficient (Wildman–Crippen LogP) is 7.21. The first kappa shape index (κ1) is 30.5. The molecule has 3 aromatic carbocycles. The van der Waals surface area contributed by atoms with Crippen LogP contribution in [0.5, 0.6) is 0 Å². The molecule has 0 aliphatic heterocycles. The molecule has 0 saturated carbocycles. The summed E-state index contributed by atoms with van der Waals surface area (Å²) in [6.45, 7) is 0.0784. The van der Waals surface area contributed by atoms with Crippen LogP contribution in [-0.2, 0) is 26.2 Å². The number of aromatic amines is 1. The van der Waals surface area contributed by atoms with Gasteiger partial charge in [0, 0.05) is 19.2 Å². The quantitative estimate of drug-likeness (QED) is 0.0950. The molecule has 232 valence electrons. The molecule has 0 fully saturated rings. The van der Waals surface area contributed by atoms with E-state index in [4.69, 9.17) is 9.05 Å². The Labute approximate surface area is 255 Å². The molecule has 45 heavy (non-hydrogen) atoms. The summed E-state index contributed by atoms with van der Waals surface area (Å²) in [6, 6.07) is 23.7. The van der Waals surface area contributed by atoms with Gasteiger partial charge in [0.15, 0.2) is 11.5 Å². The minimum atomic E-state index is -4.54. The molecular formula is C31H28F3N6O4P. The van der Waals surface area contributed by atoms with E-state index in [1.165, 1.54) is 6.07 Å². The number of phosphoric acid groups is 1. The van der Waals surface area contributed by atoms with E-state index in [2.05, 4.69) is 25.5 Å². The van der Waals surface area contributed by atoms with E-state index in [0.29, 0.717) is 29.0 Å². The monoisotopic (exact) mass is 636 g/mol. The van der Waals surface area contributed by atoms with Crippen LogP contribution in [0, 0.1) is 0 Å². The first-order valence-electron chi connectivity index (χ1n) is 14.0. The number of aromatic nitrogens is 5. The Morgan fingerprint density at radius 2 is 1.78 bits per heavy atom. The van der Waals surface area contributed by atoms with E-state index < -0.39 is 25.7 Å². The van der Waals surface area contributed by atoms with Crippen molar-refractivity contribution in [3.63, 3.8) is 0 Å². The first-order chi connectivity index (χ1) is 21.7. The van der Waals surface area contributed by atoms with Crippen molar-refractivity contribution in [1.82, 2.24) is 24.6 Å². The molecule has 0 radical (unpaired) electrons. The van der Waals surface area contributed by atoms with Crippen molar-refractivity contribution < 1.29 is 31.7 Å². The van der Waals surface area contributed by atoms with Crippen LogP contribution in [0.25, 0.3) is 28.1 Å². The zero-order valence-electron chi connectivity index (χ0n) is 23.7. The summed E-state index contributed by atoms with van der Waals surface area (Å²) in [6.07, 6.45) is -1.50. The number of phosphoric ester groups is 1. The molecule has 6 aromatic rings. The van der Waals surface area contributed by atoms with Crippen molar-refractivity contribution in [1.29, 1.82) is 0 Å². The van der Waals surface area contributed by atoms with Crippen LogP contribution in [0.4, 0.5) is 19.0 Å². The number of rotatable bonds is 12. The Bertz CT molecular complexity index is 1940. The van der Waals surface area contributed by atoms with Gasteiger partial charge < -0.3 is 10.2 Å². The molecule has 0 spiro atoms. The van der Waals surface area contributed by atoms with Gasteiger partial charge in [-0.25, -0.2) is 14.5 Å². The highest BCUT2D eigenvalue weighted by Crippen LogP contribution is 2.48. The van der Waals surface area contributed by atoms with Gasteiger partial charge in [-0.15, -0.1) is 0 Å². The number of hydrogen-bond donors (Lipinski definition) is 3. The van der Waals surface area contributed by atoms with Crippen LogP contribution >= 0.6 is 7.82 Å². The number of halogens is 3. The number of imidazole rings is 1. The third-order valence-electron chi connectivity index (χ3n) is 7.09. The number of anilines is 1. The largest absolute Gasteiger partial charge is 0.472 e. The molecule has 0 aliphatic carbocycles. The highest BCUT2D eigenvalue weighted by atomic mass is 31.2. The van der Waals surface area contributed by atoms with Crippen LogP contribution in [0.3, 0.4) is 0 Å². The summed E-state index contributed by atoms with van der Waals surface area (Å²) in [4.78, 5) is 19.5. The van der Waals surface area contributed by atoms with Crippen molar-refractivity contribution in [2.45, 2.75) is 25.1 Å². The molecular weight excluding hydrogens is 608 g/mol. The number of nitrogens with zero attached hydrogens (tertiary/aromatic N) is 4. The smallest absolute Gasteiger partial charge is 0.367 e. The molecule has 0 aliphatic rings. The van der Waals surface area contributed by atoms with Gasteiger partial charge in [0.2, 0.25) is 0 Å². The van der Waals surface area contributed by atoms with Crippen molar-refractivity contribution in [3.8, 4) is 11.4 Å². The van der Waals surface area contributed by atoms with Crippen molar-refractivity contribution in [2.24, 2.45) is 0 Å². The number of H-pyrrole nitrogens is 1. The van der Waals surface area contributed by atoms with Crippen LogP contribution in [0.1, 0.15) is 29.2 Å². The fourth-order valence-electron chi connectivity index (χ4n) is 4.98. The standard InChI is InChI=1S/C31H28F3N6O4P/c32-31(33,34)23-12-13-26-25(19-23)38-29(30-36-20-27(40(26)30)24-14-16-37-39-24)35-15-7-17-43-45(41,42)44-28(22-10-5-2-6-11-22)18-21-8-3-1-4-9-21/h1-6,8-14,16,19-20,28H,7,15,17-18H2,(H,35,38)(H,37,39)(H,41,42). The topological polar surface area (TPSA) is 127 Å². The van der Waals surface area contributed by atoms with Gasteiger partial charge in [-0.3, -0.25) is 18.5 Å². The Balaban J connectivity index is 1.16. The normalized spacial score (nSPS) is 14.0. The maximum absolute atomic E-state index is 13.5. The van der Waals surface area contributed by atoms with Gasteiger partial charge in [0.1, 0.15) is 0 Å². The van der Waals surface area contributed by atoms with Crippen molar-refractivity contribution >= 4 is 30.3 Å². The highest BCUT2D eigenvalue weighted by molar-refractivity contribution is 7.47. The third-order valence-corrected chi connectivity index (χ3v) is 8.12. The maximum Gasteiger partial charge on any atom is 0.472 e. The number of benzene rings is 3. The lowest BCUT2D eigenvalue weighted by Gasteiger charge is -2.21. The Morgan fingerprint density at radius 3 is 2.49 bits per heavy atom. The molecule has 14 heteroatoms. The maximum atomic E-state index is 13.5. The average Bonchev–Trinajstić information content (AvgIpc) is 3.72. The fourth-order valence-corrected chi connectivity index (χ4v) is 5.92. The molecule has 3 aromatic heterocycles. The van der Waals surface area contributed by atoms with Gasteiger partial charge in [0.05, 0.1) is 46.9 Å². The lowest BCUT2D eigenvalue weighted by atomic mass is 10.0. The SMILES string of the molecule is O=P(O)(OCCCNc1nc2cc(C(F)(F)F)ccc2n2c(-c3ccn[nH]3)cnc12)OC(Cc1ccccc1)c1ccccc1. The van der Waals surface area contributed by atoms with Crippen LogP contribution < -0.4 is 5.32 Å².